The number of rotatable bonds is 2. The van der Waals surface area contributed by atoms with Crippen molar-refractivity contribution in [2.75, 3.05) is 6.61 Å². The summed E-state index contributed by atoms with van der Waals surface area (Å²) in [6.45, 7) is 5.06. The molecule has 0 fully saturated rings. The van der Waals surface area contributed by atoms with Gasteiger partial charge in [-0.3, -0.25) is 9.59 Å². The van der Waals surface area contributed by atoms with Crippen LogP contribution in [-0.4, -0.2) is 30.2 Å². The number of carbonyl (C=O) groups is 3. The normalized spacial score (nSPS) is 26.7. The lowest BCUT2D eigenvalue weighted by Gasteiger charge is -2.21. The van der Waals surface area contributed by atoms with Gasteiger partial charge in [0.25, 0.3) is 0 Å². The van der Waals surface area contributed by atoms with Crippen LogP contribution in [0.15, 0.2) is 23.0 Å². The van der Waals surface area contributed by atoms with Gasteiger partial charge >= 0.3 is 5.97 Å². The first-order valence-electron chi connectivity index (χ1n) is 5.78. The molecule has 96 valence electrons. The first-order chi connectivity index (χ1) is 8.47. The Morgan fingerprint density at radius 3 is 2.67 bits per heavy atom. The third kappa shape index (κ3) is 1.75. The van der Waals surface area contributed by atoms with Crippen LogP contribution in [0, 0.1) is 5.92 Å². The SMILES string of the molecule is CCOC(=O)C1=C(C)OC2C=C(C)C(=O)C(=O)C12. The first kappa shape index (κ1) is 12.5. The van der Waals surface area contributed by atoms with Crippen LogP contribution in [-0.2, 0) is 23.9 Å². The van der Waals surface area contributed by atoms with Gasteiger partial charge in [-0.15, -0.1) is 0 Å². The molecule has 0 radical (unpaired) electrons. The highest BCUT2D eigenvalue weighted by Crippen LogP contribution is 2.37. The maximum absolute atomic E-state index is 12.0. The van der Waals surface area contributed by atoms with Gasteiger partial charge in [-0.1, -0.05) is 0 Å². The summed E-state index contributed by atoms with van der Waals surface area (Å²) < 4.78 is 10.4. The highest BCUT2D eigenvalue weighted by molar-refractivity contribution is 6.46. The first-order valence-corrected chi connectivity index (χ1v) is 5.78. The predicted octanol–water partition coefficient (Wildman–Crippen LogP) is 0.937. The van der Waals surface area contributed by atoms with Crippen molar-refractivity contribution in [2.45, 2.75) is 26.9 Å². The summed E-state index contributed by atoms with van der Waals surface area (Å²) in [5, 5.41) is 0. The van der Waals surface area contributed by atoms with Crippen molar-refractivity contribution >= 4 is 17.5 Å². The lowest BCUT2D eigenvalue weighted by Crippen LogP contribution is -2.38. The fourth-order valence-corrected chi connectivity index (χ4v) is 2.27. The van der Waals surface area contributed by atoms with E-state index < -0.39 is 29.6 Å². The standard InChI is InChI=1S/C13H14O5/c1-4-17-13(16)9-7(3)18-8-5-6(2)11(14)12(15)10(8)9/h5,8,10H,4H2,1-3H3. The summed E-state index contributed by atoms with van der Waals surface area (Å²) in [5.74, 6) is -2.23. The van der Waals surface area contributed by atoms with Crippen LogP contribution in [0.4, 0.5) is 0 Å². The lowest BCUT2D eigenvalue weighted by molar-refractivity contribution is -0.142. The molecule has 0 saturated heterocycles. The molecule has 0 saturated carbocycles. The third-order valence-electron chi connectivity index (χ3n) is 3.11. The molecule has 0 aromatic rings. The fourth-order valence-electron chi connectivity index (χ4n) is 2.27. The molecule has 18 heavy (non-hydrogen) atoms. The van der Waals surface area contributed by atoms with E-state index in [0.717, 1.165) is 0 Å². The van der Waals surface area contributed by atoms with Gasteiger partial charge in [0.2, 0.25) is 11.6 Å². The second-order valence-corrected chi connectivity index (χ2v) is 4.29. The highest BCUT2D eigenvalue weighted by atomic mass is 16.5. The van der Waals surface area contributed by atoms with Gasteiger partial charge in [-0.05, 0) is 32.4 Å². The summed E-state index contributed by atoms with van der Waals surface area (Å²) in [5.41, 5.74) is 0.531. The molecule has 1 heterocycles. The number of Topliss-reactive ketones (excluding diaryl/α,β-unsaturated/α-hetero) is 2. The number of carbonyl (C=O) groups excluding carboxylic acids is 3. The monoisotopic (exact) mass is 250 g/mol. The van der Waals surface area contributed by atoms with Gasteiger partial charge < -0.3 is 9.47 Å². The van der Waals surface area contributed by atoms with Crippen LogP contribution in [0.2, 0.25) is 0 Å². The number of allylic oxidation sites excluding steroid dienone is 2. The summed E-state index contributed by atoms with van der Waals surface area (Å²) in [4.78, 5) is 35.4. The van der Waals surface area contributed by atoms with E-state index in [2.05, 4.69) is 0 Å². The molecule has 5 nitrogen and oxygen atoms in total. The number of hydrogen-bond acceptors (Lipinski definition) is 5. The Morgan fingerprint density at radius 2 is 2.06 bits per heavy atom. The van der Waals surface area contributed by atoms with Gasteiger partial charge in [-0.25, -0.2) is 4.79 Å². The van der Waals surface area contributed by atoms with E-state index in [9.17, 15) is 14.4 Å². The van der Waals surface area contributed by atoms with E-state index in [1.54, 1.807) is 26.8 Å². The number of ether oxygens (including phenoxy) is 2. The molecule has 0 bridgehead atoms. The third-order valence-corrected chi connectivity index (χ3v) is 3.11. The number of esters is 1. The molecule has 0 spiro atoms. The molecule has 5 heteroatoms. The Labute approximate surface area is 104 Å². The van der Waals surface area contributed by atoms with Gasteiger partial charge in [0.05, 0.1) is 12.2 Å². The molecular formula is C13H14O5. The Morgan fingerprint density at radius 1 is 1.39 bits per heavy atom. The van der Waals surface area contributed by atoms with Crippen molar-refractivity contribution in [3.63, 3.8) is 0 Å². The van der Waals surface area contributed by atoms with Crippen LogP contribution >= 0.6 is 0 Å². The van der Waals surface area contributed by atoms with Crippen LogP contribution in [0.1, 0.15) is 20.8 Å². The molecule has 2 aliphatic rings. The Hall–Kier alpha value is -1.91. The molecular weight excluding hydrogens is 236 g/mol. The highest BCUT2D eigenvalue weighted by Gasteiger charge is 2.48. The Kier molecular flexibility index (Phi) is 3.07. The van der Waals surface area contributed by atoms with Crippen LogP contribution in [0.3, 0.4) is 0 Å². The molecule has 2 unspecified atom stereocenters. The van der Waals surface area contributed by atoms with Crippen molar-refractivity contribution in [1.82, 2.24) is 0 Å². The van der Waals surface area contributed by atoms with Crippen molar-refractivity contribution in [1.29, 1.82) is 0 Å². The Balaban J connectivity index is 2.39. The molecule has 2 atom stereocenters. The van der Waals surface area contributed by atoms with Crippen LogP contribution in [0.25, 0.3) is 0 Å². The maximum Gasteiger partial charge on any atom is 0.338 e. The minimum Gasteiger partial charge on any atom is -0.489 e. The van der Waals surface area contributed by atoms with Gasteiger partial charge in [0.15, 0.2) is 0 Å². The zero-order chi connectivity index (χ0) is 13.4. The molecule has 2 rings (SSSR count). The molecule has 1 aliphatic heterocycles. The maximum atomic E-state index is 12.0. The molecule has 0 aromatic heterocycles. The number of hydrogen-bond donors (Lipinski definition) is 0. The topological polar surface area (TPSA) is 69.7 Å². The smallest absolute Gasteiger partial charge is 0.338 e. The largest absolute Gasteiger partial charge is 0.489 e. The summed E-state index contributed by atoms with van der Waals surface area (Å²) >= 11 is 0. The molecule has 0 N–H and O–H groups in total. The van der Waals surface area contributed by atoms with Crippen LogP contribution in [0.5, 0.6) is 0 Å². The van der Waals surface area contributed by atoms with Crippen molar-refractivity contribution in [2.24, 2.45) is 5.92 Å². The summed E-state index contributed by atoms with van der Waals surface area (Å²) in [6, 6.07) is 0. The number of ketones is 2. The van der Waals surface area contributed by atoms with E-state index >= 15 is 0 Å². The molecule has 0 amide bonds. The zero-order valence-corrected chi connectivity index (χ0v) is 10.5. The quantitative estimate of drug-likeness (QED) is 0.538. The van der Waals surface area contributed by atoms with E-state index in [0.29, 0.717) is 11.3 Å². The second-order valence-electron chi connectivity index (χ2n) is 4.29. The average molecular weight is 250 g/mol. The average Bonchev–Trinajstić information content (AvgIpc) is 2.63. The van der Waals surface area contributed by atoms with E-state index in [-0.39, 0.29) is 12.2 Å². The van der Waals surface area contributed by atoms with Crippen molar-refractivity contribution < 1.29 is 23.9 Å². The molecule has 1 aliphatic carbocycles. The van der Waals surface area contributed by atoms with Crippen LogP contribution < -0.4 is 0 Å². The Bertz CT molecular complexity index is 498. The van der Waals surface area contributed by atoms with E-state index in [1.165, 1.54) is 0 Å². The van der Waals surface area contributed by atoms with Gasteiger partial charge in [0.1, 0.15) is 17.8 Å². The summed E-state index contributed by atoms with van der Waals surface area (Å²) in [6.07, 6.45) is 1.03. The fraction of sp³-hybridized carbons (Fsp3) is 0.462. The predicted molar refractivity (Wildman–Crippen MR) is 61.5 cm³/mol. The van der Waals surface area contributed by atoms with Gasteiger partial charge in [0, 0.05) is 0 Å². The van der Waals surface area contributed by atoms with Gasteiger partial charge in [-0.2, -0.15) is 0 Å². The lowest BCUT2D eigenvalue weighted by atomic mass is 9.82. The minimum absolute atomic E-state index is 0.170. The second kappa shape index (κ2) is 4.40. The van der Waals surface area contributed by atoms with Crippen molar-refractivity contribution in [3.05, 3.63) is 23.0 Å². The summed E-state index contributed by atoms with van der Waals surface area (Å²) in [7, 11) is 0. The van der Waals surface area contributed by atoms with Crippen molar-refractivity contribution in [3.8, 4) is 0 Å². The minimum atomic E-state index is -0.847. The van der Waals surface area contributed by atoms with E-state index in [1.807, 2.05) is 0 Å². The molecule has 0 aromatic carbocycles. The van der Waals surface area contributed by atoms with E-state index in [4.69, 9.17) is 9.47 Å². The number of fused-ring (bicyclic) bond motifs is 1. The zero-order valence-electron chi connectivity index (χ0n) is 10.5.